The molecule has 2 saturated heterocycles. The van der Waals surface area contributed by atoms with Crippen LogP contribution in [0.5, 0.6) is 0 Å². The van der Waals surface area contributed by atoms with Crippen molar-refractivity contribution in [2.45, 2.75) is 25.4 Å². The predicted octanol–water partition coefficient (Wildman–Crippen LogP) is 1.23. The smallest absolute Gasteiger partial charge is 0.325 e. The Morgan fingerprint density at radius 1 is 0.969 bits per heavy atom. The van der Waals surface area contributed by atoms with Gasteiger partial charge in [-0.25, -0.2) is 4.39 Å². The molecule has 2 aromatic rings. The molecule has 4 rings (SSSR count). The highest BCUT2D eigenvalue weighted by Gasteiger charge is 2.33. The van der Waals surface area contributed by atoms with Crippen LogP contribution in [-0.4, -0.2) is 93.1 Å². The van der Waals surface area contributed by atoms with Crippen LogP contribution in [0, 0.1) is 5.82 Å². The molecular weight excluding hydrogens is 419 g/mol. The number of benzene rings is 1. The predicted molar refractivity (Wildman–Crippen MR) is 114 cm³/mol. The zero-order valence-electron chi connectivity index (χ0n) is 17.7. The average molecular weight is 446 g/mol. The van der Waals surface area contributed by atoms with Crippen molar-refractivity contribution in [3.05, 3.63) is 35.8 Å². The maximum atomic E-state index is 13.8. The average Bonchev–Trinajstić information content (AvgIpc) is 3.38. The van der Waals surface area contributed by atoms with Gasteiger partial charge in [-0.05, 0) is 31.0 Å². The molecule has 10 heteroatoms. The lowest BCUT2D eigenvalue weighted by Gasteiger charge is -2.37. The highest BCUT2D eigenvalue weighted by Crippen LogP contribution is 2.32. The minimum Gasteiger partial charge on any atom is -0.480 e. The van der Waals surface area contributed by atoms with Crippen molar-refractivity contribution in [3.63, 3.8) is 0 Å². The van der Waals surface area contributed by atoms with Crippen LogP contribution < -0.4 is 0 Å². The van der Waals surface area contributed by atoms with Crippen molar-refractivity contribution in [1.29, 1.82) is 0 Å². The summed E-state index contributed by atoms with van der Waals surface area (Å²) in [5.41, 5.74) is 0.791. The molecule has 9 nitrogen and oxygen atoms in total. The number of nitrogens with zero attached hydrogens (tertiary/aromatic N) is 4. The van der Waals surface area contributed by atoms with E-state index in [9.17, 15) is 29.0 Å². The maximum Gasteiger partial charge on any atom is 0.325 e. The number of aromatic nitrogens is 1. The van der Waals surface area contributed by atoms with Crippen molar-refractivity contribution < 1.29 is 29.0 Å². The van der Waals surface area contributed by atoms with Gasteiger partial charge in [0.05, 0.1) is 12.1 Å². The van der Waals surface area contributed by atoms with Crippen molar-refractivity contribution in [2.75, 3.05) is 45.8 Å². The summed E-state index contributed by atoms with van der Waals surface area (Å²) in [6, 6.07) is 2.98. The molecule has 0 aliphatic carbocycles. The molecule has 1 aromatic heterocycles. The molecule has 0 spiro atoms. The summed E-state index contributed by atoms with van der Waals surface area (Å²) in [5.74, 6) is -2.55. The fourth-order valence-electron chi connectivity index (χ4n) is 4.71. The maximum absolute atomic E-state index is 13.8. The fraction of sp³-hybridized carbons (Fsp3) is 0.500. The topological polar surface area (TPSA) is 106 Å². The van der Waals surface area contributed by atoms with Gasteiger partial charge in [0.15, 0.2) is 0 Å². The molecule has 2 fully saturated rings. The van der Waals surface area contributed by atoms with Crippen LogP contribution in [0.4, 0.5) is 4.39 Å². The Balaban J connectivity index is 1.52. The van der Waals surface area contributed by atoms with Gasteiger partial charge >= 0.3 is 11.9 Å². The van der Waals surface area contributed by atoms with E-state index in [1.165, 1.54) is 29.0 Å². The standard InChI is InChI=1S/C22H27FN4O5/c23-15-3-4-16-17(12-27(14-20(29)30)18(16)11-15)21(22(31)32)26-9-7-24(8-10-26)13-19(28)25-5-1-2-6-25/h3-4,11-12,21H,1-2,5-10,13-14H2,(H,29,30)(H,31,32)/t21-/m1/s1. The highest BCUT2D eigenvalue weighted by molar-refractivity contribution is 5.90. The molecular formula is C22H27FN4O5. The number of amides is 1. The molecule has 32 heavy (non-hydrogen) atoms. The largest absolute Gasteiger partial charge is 0.480 e. The Hall–Kier alpha value is -2.98. The van der Waals surface area contributed by atoms with Gasteiger partial charge in [0.2, 0.25) is 5.91 Å². The van der Waals surface area contributed by atoms with E-state index >= 15 is 0 Å². The Kier molecular flexibility index (Phi) is 6.43. The Morgan fingerprint density at radius 3 is 2.28 bits per heavy atom. The van der Waals surface area contributed by atoms with Gasteiger partial charge in [0.25, 0.3) is 0 Å². The zero-order chi connectivity index (χ0) is 22.8. The van der Waals surface area contributed by atoms with E-state index in [1.54, 1.807) is 0 Å². The molecule has 1 aromatic carbocycles. The number of carboxylic acid groups (broad SMARTS) is 2. The van der Waals surface area contributed by atoms with E-state index in [4.69, 9.17) is 0 Å². The lowest BCUT2D eigenvalue weighted by molar-refractivity contribution is -0.145. The first-order valence-electron chi connectivity index (χ1n) is 10.8. The van der Waals surface area contributed by atoms with E-state index in [0.717, 1.165) is 25.9 Å². The van der Waals surface area contributed by atoms with Crippen LogP contribution in [0.3, 0.4) is 0 Å². The number of fused-ring (bicyclic) bond motifs is 1. The van der Waals surface area contributed by atoms with E-state index < -0.39 is 30.3 Å². The fourth-order valence-corrected chi connectivity index (χ4v) is 4.71. The third-order valence-corrected chi connectivity index (χ3v) is 6.30. The van der Waals surface area contributed by atoms with Crippen molar-refractivity contribution >= 4 is 28.7 Å². The molecule has 1 atom stereocenters. The minimum atomic E-state index is -1.10. The molecule has 0 radical (unpaired) electrons. The van der Waals surface area contributed by atoms with E-state index in [-0.39, 0.29) is 5.91 Å². The molecule has 3 heterocycles. The minimum absolute atomic E-state index is 0.115. The SMILES string of the molecule is O=C(O)Cn1cc([C@H](C(=O)O)N2CCN(CC(=O)N3CCCC3)CC2)c2ccc(F)cc21. The Labute approximate surface area is 184 Å². The van der Waals surface area contributed by atoms with Crippen LogP contribution in [0.15, 0.2) is 24.4 Å². The number of likely N-dealkylation sites (tertiary alicyclic amines) is 1. The second-order valence-electron chi connectivity index (χ2n) is 8.41. The number of carbonyl (C=O) groups excluding carboxylic acids is 1. The second-order valence-corrected chi connectivity index (χ2v) is 8.41. The van der Waals surface area contributed by atoms with Crippen LogP contribution in [0.1, 0.15) is 24.4 Å². The van der Waals surface area contributed by atoms with Crippen LogP contribution in [-0.2, 0) is 20.9 Å². The summed E-state index contributed by atoms with van der Waals surface area (Å²) < 4.78 is 15.2. The summed E-state index contributed by atoms with van der Waals surface area (Å²) in [6.07, 6.45) is 3.58. The first-order chi connectivity index (χ1) is 15.3. The summed E-state index contributed by atoms with van der Waals surface area (Å²) in [5, 5.41) is 19.7. The highest BCUT2D eigenvalue weighted by atomic mass is 19.1. The monoisotopic (exact) mass is 446 g/mol. The van der Waals surface area contributed by atoms with Gasteiger partial charge in [0, 0.05) is 56.4 Å². The summed E-state index contributed by atoms with van der Waals surface area (Å²) in [7, 11) is 0. The number of hydrogen-bond acceptors (Lipinski definition) is 5. The van der Waals surface area contributed by atoms with Crippen LogP contribution >= 0.6 is 0 Å². The Bertz CT molecular complexity index is 1020. The summed E-state index contributed by atoms with van der Waals surface area (Å²) in [4.78, 5) is 41.7. The van der Waals surface area contributed by atoms with E-state index in [2.05, 4.69) is 0 Å². The quantitative estimate of drug-likeness (QED) is 0.659. The zero-order valence-corrected chi connectivity index (χ0v) is 17.7. The number of halogens is 1. The van der Waals surface area contributed by atoms with Gasteiger partial charge in [0.1, 0.15) is 18.4 Å². The number of piperazine rings is 1. The lowest BCUT2D eigenvalue weighted by Crippen LogP contribution is -2.51. The molecule has 2 aliphatic rings. The number of rotatable bonds is 7. The molecule has 0 unspecified atom stereocenters. The molecule has 1 amide bonds. The molecule has 0 saturated carbocycles. The molecule has 2 N–H and O–H groups in total. The lowest BCUT2D eigenvalue weighted by atomic mass is 10.0. The number of carboxylic acids is 2. The first kappa shape index (κ1) is 22.2. The number of aliphatic carboxylic acids is 2. The number of hydrogen-bond donors (Lipinski definition) is 2. The van der Waals surface area contributed by atoms with E-state index in [0.29, 0.717) is 49.2 Å². The Morgan fingerprint density at radius 2 is 1.66 bits per heavy atom. The van der Waals surface area contributed by atoms with Crippen molar-refractivity contribution in [3.8, 4) is 0 Å². The van der Waals surface area contributed by atoms with E-state index in [1.807, 2.05) is 14.7 Å². The summed E-state index contributed by atoms with van der Waals surface area (Å²) >= 11 is 0. The normalized spacial score (nSPS) is 18.8. The third-order valence-electron chi connectivity index (χ3n) is 6.30. The second kappa shape index (κ2) is 9.25. The molecule has 172 valence electrons. The third kappa shape index (κ3) is 4.61. The van der Waals surface area contributed by atoms with Crippen LogP contribution in [0.25, 0.3) is 10.9 Å². The van der Waals surface area contributed by atoms with Gasteiger partial charge in [-0.2, -0.15) is 0 Å². The van der Waals surface area contributed by atoms with Crippen LogP contribution in [0.2, 0.25) is 0 Å². The molecule has 0 bridgehead atoms. The van der Waals surface area contributed by atoms with Crippen molar-refractivity contribution in [2.24, 2.45) is 0 Å². The summed E-state index contributed by atoms with van der Waals surface area (Å²) in [6.45, 7) is 3.59. The van der Waals surface area contributed by atoms with Gasteiger partial charge in [-0.1, -0.05) is 0 Å². The van der Waals surface area contributed by atoms with Crippen molar-refractivity contribution in [1.82, 2.24) is 19.3 Å². The van der Waals surface area contributed by atoms with Gasteiger partial charge in [-0.3, -0.25) is 24.2 Å². The first-order valence-corrected chi connectivity index (χ1v) is 10.8. The molecule has 2 aliphatic heterocycles. The number of carbonyl (C=O) groups is 3. The van der Waals surface area contributed by atoms with Gasteiger partial charge < -0.3 is 19.7 Å². The van der Waals surface area contributed by atoms with Gasteiger partial charge in [-0.15, -0.1) is 0 Å².